The first-order chi connectivity index (χ1) is 15.2. The van der Waals surface area contributed by atoms with Gasteiger partial charge in [0.05, 0.1) is 23.5 Å². The van der Waals surface area contributed by atoms with Crippen LogP contribution >= 0.6 is 0 Å². The number of nitrogens with zero attached hydrogens (tertiary/aromatic N) is 7. The van der Waals surface area contributed by atoms with E-state index in [0.29, 0.717) is 13.0 Å². The molecular formula is C23H19N7O. The molecule has 2 aliphatic rings. The minimum Gasteiger partial charge on any atom is -0.309 e. The zero-order valence-electron chi connectivity index (χ0n) is 16.7. The normalized spacial score (nSPS) is 21.0. The molecule has 1 saturated heterocycles. The van der Waals surface area contributed by atoms with E-state index in [1.165, 1.54) is 0 Å². The van der Waals surface area contributed by atoms with E-state index in [2.05, 4.69) is 21.3 Å². The first-order valence-electron chi connectivity index (χ1n) is 10.4. The van der Waals surface area contributed by atoms with Gasteiger partial charge in [-0.25, -0.2) is 14.2 Å². The number of carbonyl (C=O) groups is 1. The highest BCUT2D eigenvalue weighted by Gasteiger charge is 2.57. The lowest BCUT2D eigenvalue weighted by molar-refractivity contribution is -0.123. The fourth-order valence-electron chi connectivity index (χ4n) is 4.59. The average molecular weight is 409 g/mol. The van der Waals surface area contributed by atoms with Crippen LogP contribution in [-0.4, -0.2) is 36.8 Å². The summed E-state index contributed by atoms with van der Waals surface area (Å²) in [4.78, 5) is 19.4. The molecule has 4 aromatic heterocycles. The summed E-state index contributed by atoms with van der Waals surface area (Å²) in [5, 5.41) is 18.6. The minimum atomic E-state index is -0.862. The van der Waals surface area contributed by atoms with Gasteiger partial charge >= 0.3 is 0 Å². The Bertz CT molecular complexity index is 1350. The molecule has 1 amide bonds. The van der Waals surface area contributed by atoms with Crippen LogP contribution in [0.1, 0.15) is 19.3 Å². The third kappa shape index (κ3) is 2.66. The smallest absolute Gasteiger partial charge is 0.247 e. The van der Waals surface area contributed by atoms with Crippen molar-refractivity contribution in [2.45, 2.75) is 19.3 Å². The SMILES string of the molecule is N#C[C@@]1(C2CC2)CCN(c2ccnn3cc(-c4cnn(-c5ccccn5)c4)cc23)C1=O. The van der Waals surface area contributed by atoms with Crippen LogP contribution in [0.3, 0.4) is 0 Å². The third-order valence-electron chi connectivity index (χ3n) is 6.41. The molecule has 8 heteroatoms. The van der Waals surface area contributed by atoms with Gasteiger partial charge in [-0.2, -0.15) is 15.5 Å². The van der Waals surface area contributed by atoms with Crippen molar-refractivity contribution in [1.29, 1.82) is 5.26 Å². The Kier molecular flexibility index (Phi) is 3.74. The average Bonchev–Trinajstić information content (AvgIpc) is 3.24. The molecule has 0 radical (unpaired) electrons. The summed E-state index contributed by atoms with van der Waals surface area (Å²) in [5.74, 6) is 0.871. The quantitative estimate of drug-likeness (QED) is 0.516. The van der Waals surface area contributed by atoms with Crippen molar-refractivity contribution in [3.05, 3.63) is 61.3 Å². The van der Waals surface area contributed by atoms with E-state index in [-0.39, 0.29) is 11.8 Å². The van der Waals surface area contributed by atoms with E-state index in [4.69, 9.17) is 0 Å². The van der Waals surface area contributed by atoms with E-state index in [1.807, 2.05) is 42.7 Å². The lowest BCUT2D eigenvalue weighted by Gasteiger charge is -2.21. The second kappa shape index (κ2) is 6.51. The second-order valence-electron chi connectivity index (χ2n) is 8.20. The van der Waals surface area contributed by atoms with Crippen molar-refractivity contribution in [2.24, 2.45) is 11.3 Å². The van der Waals surface area contributed by atoms with Gasteiger partial charge in [-0.1, -0.05) is 6.07 Å². The number of aromatic nitrogens is 5. The van der Waals surface area contributed by atoms with Gasteiger partial charge in [-0.15, -0.1) is 0 Å². The van der Waals surface area contributed by atoms with Crippen molar-refractivity contribution >= 4 is 17.1 Å². The number of rotatable bonds is 4. The van der Waals surface area contributed by atoms with E-state index in [9.17, 15) is 10.1 Å². The number of anilines is 1. The molecular weight excluding hydrogens is 390 g/mol. The maximum absolute atomic E-state index is 13.3. The summed E-state index contributed by atoms with van der Waals surface area (Å²) >= 11 is 0. The van der Waals surface area contributed by atoms with E-state index in [1.54, 1.807) is 32.7 Å². The van der Waals surface area contributed by atoms with Crippen LogP contribution in [0.2, 0.25) is 0 Å². The highest BCUT2D eigenvalue weighted by atomic mass is 16.2. The Morgan fingerprint density at radius 3 is 2.77 bits per heavy atom. The zero-order valence-corrected chi connectivity index (χ0v) is 16.7. The number of carbonyl (C=O) groups excluding carboxylic acids is 1. The Morgan fingerprint density at radius 1 is 1.10 bits per heavy atom. The lowest BCUT2D eigenvalue weighted by atomic mass is 9.83. The molecule has 31 heavy (non-hydrogen) atoms. The van der Waals surface area contributed by atoms with Gasteiger partial charge in [0.2, 0.25) is 5.91 Å². The Morgan fingerprint density at radius 2 is 2.00 bits per heavy atom. The van der Waals surface area contributed by atoms with Gasteiger partial charge < -0.3 is 4.90 Å². The number of amides is 1. The fraction of sp³-hybridized carbons (Fsp3) is 0.261. The van der Waals surface area contributed by atoms with Crippen molar-refractivity contribution in [1.82, 2.24) is 24.4 Å². The molecule has 0 bridgehead atoms. The van der Waals surface area contributed by atoms with Gasteiger partial charge in [0.1, 0.15) is 5.41 Å². The summed E-state index contributed by atoms with van der Waals surface area (Å²) in [5.41, 5.74) is 2.64. The van der Waals surface area contributed by atoms with Crippen molar-refractivity contribution in [3.8, 4) is 23.0 Å². The molecule has 2 fully saturated rings. The Hall–Kier alpha value is -3.99. The highest BCUT2D eigenvalue weighted by Crippen LogP contribution is 2.52. The Labute approximate surface area is 178 Å². The van der Waals surface area contributed by atoms with Crippen LogP contribution in [0.5, 0.6) is 0 Å². The molecule has 1 aliphatic carbocycles. The first kappa shape index (κ1) is 17.8. The molecule has 4 aromatic rings. The molecule has 1 atom stereocenters. The molecule has 5 heterocycles. The second-order valence-corrected chi connectivity index (χ2v) is 8.20. The molecule has 8 nitrogen and oxygen atoms in total. The summed E-state index contributed by atoms with van der Waals surface area (Å²) < 4.78 is 3.51. The van der Waals surface area contributed by atoms with Gasteiger partial charge in [-0.05, 0) is 49.4 Å². The molecule has 0 unspecified atom stereocenters. The molecule has 1 saturated carbocycles. The van der Waals surface area contributed by atoms with Crippen molar-refractivity contribution in [2.75, 3.05) is 11.4 Å². The van der Waals surface area contributed by atoms with Crippen LogP contribution in [-0.2, 0) is 4.79 Å². The van der Waals surface area contributed by atoms with Crippen LogP contribution in [0.15, 0.2) is 61.3 Å². The summed E-state index contributed by atoms with van der Waals surface area (Å²) in [6.45, 7) is 0.556. The van der Waals surface area contributed by atoms with Gasteiger partial charge in [0.25, 0.3) is 0 Å². The molecule has 0 spiro atoms. The number of hydrogen-bond donors (Lipinski definition) is 0. The molecule has 0 aromatic carbocycles. The monoisotopic (exact) mass is 409 g/mol. The molecule has 1 aliphatic heterocycles. The topological polar surface area (TPSA) is 92.1 Å². The van der Waals surface area contributed by atoms with Gasteiger partial charge in [-0.3, -0.25) is 4.79 Å². The summed E-state index contributed by atoms with van der Waals surface area (Å²) in [6, 6.07) is 11.9. The van der Waals surface area contributed by atoms with Gasteiger partial charge in [0, 0.05) is 42.5 Å². The predicted molar refractivity (Wildman–Crippen MR) is 113 cm³/mol. The first-order valence-corrected chi connectivity index (χ1v) is 10.4. The third-order valence-corrected chi connectivity index (χ3v) is 6.41. The van der Waals surface area contributed by atoms with Crippen LogP contribution < -0.4 is 4.90 Å². The van der Waals surface area contributed by atoms with Crippen molar-refractivity contribution in [3.63, 3.8) is 0 Å². The summed E-state index contributed by atoms with van der Waals surface area (Å²) in [7, 11) is 0. The Balaban J connectivity index is 1.38. The highest BCUT2D eigenvalue weighted by molar-refractivity contribution is 6.05. The molecule has 152 valence electrons. The largest absolute Gasteiger partial charge is 0.309 e. The number of nitriles is 1. The van der Waals surface area contributed by atoms with E-state index < -0.39 is 5.41 Å². The summed E-state index contributed by atoms with van der Waals surface area (Å²) in [6.07, 6.45) is 11.6. The fourth-order valence-corrected chi connectivity index (χ4v) is 4.59. The van der Waals surface area contributed by atoms with Crippen molar-refractivity contribution < 1.29 is 4.79 Å². The van der Waals surface area contributed by atoms with Gasteiger partial charge in [0.15, 0.2) is 5.82 Å². The molecule has 6 rings (SSSR count). The molecule has 0 N–H and O–H groups in total. The standard InChI is InChI=1S/C23H19N7O/c24-15-23(18-4-5-18)7-10-28(22(23)31)19-6-9-26-29-13-16(11-20(19)29)17-12-27-30(14-17)21-3-1-2-8-25-21/h1-3,6,8-9,11-14,18H,4-5,7,10H2/t23-/m1/s1. The number of pyridine rings is 1. The maximum atomic E-state index is 13.3. The van der Waals surface area contributed by atoms with Crippen LogP contribution in [0, 0.1) is 22.7 Å². The van der Waals surface area contributed by atoms with E-state index >= 15 is 0 Å². The van der Waals surface area contributed by atoms with E-state index in [0.717, 1.165) is 41.0 Å². The minimum absolute atomic E-state index is 0.0729. The number of hydrogen-bond acceptors (Lipinski definition) is 5. The van der Waals surface area contributed by atoms with Crippen LogP contribution in [0.4, 0.5) is 5.69 Å². The zero-order chi connectivity index (χ0) is 21.0. The predicted octanol–water partition coefficient (Wildman–Crippen LogP) is 3.24. The maximum Gasteiger partial charge on any atom is 0.247 e. The van der Waals surface area contributed by atoms with Crippen LogP contribution in [0.25, 0.3) is 22.5 Å². The lowest BCUT2D eigenvalue weighted by Crippen LogP contribution is -2.35. The number of fused-ring (bicyclic) bond motifs is 1.